The molecule has 1 amide bonds. The summed E-state index contributed by atoms with van der Waals surface area (Å²) in [5.74, 6) is 0.706. The Morgan fingerprint density at radius 1 is 1.10 bits per heavy atom. The molecule has 0 spiro atoms. The third-order valence-corrected chi connectivity index (χ3v) is 4.27. The molecule has 0 aliphatic carbocycles. The molecule has 4 rings (SSSR count). The van der Waals surface area contributed by atoms with Crippen molar-refractivity contribution >= 4 is 17.3 Å². The average molecular weight is 388 g/mol. The van der Waals surface area contributed by atoms with Gasteiger partial charge in [0.25, 0.3) is 11.6 Å². The number of nitro benzene ring substituents is 1. The van der Waals surface area contributed by atoms with E-state index in [4.69, 9.17) is 4.42 Å². The molecule has 2 aromatic carbocycles. The summed E-state index contributed by atoms with van der Waals surface area (Å²) in [5.41, 5.74) is 1.66. The molecule has 1 N–H and O–H groups in total. The van der Waals surface area contributed by atoms with E-state index in [1.165, 1.54) is 18.2 Å². The number of anilines is 1. The van der Waals surface area contributed by atoms with Gasteiger partial charge in [-0.15, -0.1) is 0 Å². The van der Waals surface area contributed by atoms with E-state index in [2.05, 4.69) is 10.4 Å². The van der Waals surface area contributed by atoms with Gasteiger partial charge in [0.05, 0.1) is 16.2 Å². The maximum absolute atomic E-state index is 13.0. The quantitative estimate of drug-likeness (QED) is 0.397. The van der Waals surface area contributed by atoms with Crippen LogP contribution in [0.2, 0.25) is 0 Å². The van der Waals surface area contributed by atoms with E-state index in [0.717, 1.165) is 5.69 Å². The van der Waals surface area contributed by atoms with Gasteiger partial charge in [0.15, 0.2) is 5.76 Å². The fourth-order valence-electron chi connectivity index (χ4n) is 2.89. The Hall–Kier alpha value is -4.20. The number of aryl methyl sites for hydroxylation is 1. The van der Waals surface area contributed by atoms with Crippen molar-refractivity contribution in [2.75, 3.05) is 5.32 Å². The molecule has 144 valence electrons. The Bertz CT molecular complexity index is 1190. The third-order valence-electron chi connectivity index (χ3n) is 4.27. The van der Waals surface area contributed by atoms with Gasteiger partial charge in [-0.05, 0) is 37.3 Å². The van der Waals surface area contributed by atoms with E-state index in [9.17, 15) is 14.9 Å². The largest absolute Gasteiger partial charge is 0.460 e. The topological polar surface area (TPSA) is 103 Å². The van der Waals surface area contributed by atoms with Crippen LogP contribution in [0.25, 0.3) is 17.1 Å². The molecule has 0 fully saturated rings. The number of hydrogen-bond acceptors (Lipinski definition) is 5. The Balaban J connectivity index is 1.73. The second-order valence-electron chi connectivity index (χ2n) is 6.34. The number of carbonyl (C=O) groups is 1. The molecule has 0 saturated heterocycles. The van der Waals surface area contributed by atoms with E-state index in [1.807, 2.05) is 30.3 Å². The zero-order chi connectivity index (χ0) is 20.4. The van der Waals surface area contributed by atoms with Gasteiger partial charge in [-0.2, -0.15) is 5.10 Å². The maximum atomic E-state index is 13.0. The van der Waals surface area contributed by atoms with Gasteiger partial charge >= 0.3 is 0 Å². The summed E-state index contributed by atoms with van der Waals surface area (Å²) in [6, 6.07) is 18.7. The van der Waals surface area contributed by atoms with Gasteiger partial charge in [0.2, 0.25) is 0 Å². The second kappa shape index (κ2) is 7.43. The van der Waals surface area contributed by atoms with Crippen LogP contribution in [0.5, 0.6) is 0 Å². The summed E-state index contributed by atoms with van der Waals surface area (Å²) in [4.78, 5) is 23.4. The number of amides is 1. The number of aromatic nitrogens is 2. The first kappa shape index (κ1) is 18.2. The summed E-state index contributed by atoms with van der Waals surface area (Å²) < 4.78 is 7.26. The van der Waals surface area contributed by atoms with Crippen LogP contribution in [0, 0.1) is 17.0 Å². The van der Waals surface area contributed by atoms with Gasteiger partial charge < -0.3 is 9.73 Å². The van der Waals surface area contributed by atoms with E-state index in [1.54, 1.807) is 36.0 Å². The predicted octanol–water partition coefficient (Wildman–Crippen LogP) is 4.60. The molecule has 0 aliphatic rings. The number of hydrogen-bond donors (Lipinski definition) is 1. The van der Waals surface area contributed by atoms with Crippen LogP contribution in [-0.2, 0) is 0 Å². The van der Waals surface area contributed by atoms with E-state index in [0.29, 0.717) is 22.9 Å². The third kappa shape index (κ3) is 3.77. The zero-order valence-corrected chi connectivity index (χ0v) is 15.4. The standard InChI is InChI=1S/C21H16N4O4/c1-14-10-11-19(29-14)20-18(13-24(23-20)16-7-3-2-4-8-16)21(26)22-15-6-5-9-17(12-15)25(27)28/h2-13H,1H3,(H,22,26). The smallest absolute Gasteiger partial charge is 0.271 e. The number of nitrogens with one attached hydrogen (secondary N) is 1. The van der Waals surface area contributed by atoms with Crippen LogP contribution in [0.3, 0.4) is 0 Å². The summed E-state index contributed by atoms with van der Waals surface area (Å²) in [6.07, 6.45) is 1.61. The first-order valence-corrected chi connectivity index (χ1v) is 8.79. The summed E-state index contributed by atoms with van der Waals surface area (Å²) >= 11 is 0. The average Bonchev–Trinajstić information content (AvgIpc) is 3.35. The van der Waals surface area contributed by atoms with Crippen molar-refractivity contribution in [3.63, 3.8) is 0 Å². The zero-order valence-electron chi connectivity index (χ0n) is 15.4. The molecule has 0 bridgehead atoms. The van der Waals surface area contributed by atoms with Crippen molar-refractivity contribution in [2.24, 2.45) is 0 Å². The Kier molecular flexibility index (Phi) is 4.66. The SMILES string of the molecule is Cc1ccc(-c2nn(-c3ccccc3)cc2C(=O)Nc2cccc([N+](=O)[O-])c2)o1. The number of rotatable bonds is 5. The fraction of sp³-hybridized carbons (Fsp3) is 0.0476. The normalized spacial score (nSPS) is 10.7. The molecule has 0 atom stereocenters. The van der Waals surface area contributed by atoms with Crippen LogP contribution in [-0.4, -0.2) is 20.6 Å². The molecule has 0 radical (unpaired) electrons. The minimum atomic E-state index is -0.514. The second-order valence-corrected chi connectivity index (χ2v) is 6.34. The summed E-state index contributed by atoms with van der Waals surface area (Å²) in [5, 5.41) is 18.2. The Labute approximate surface area is 165 Å². The molecule has 8 heteroatoms. The molecule has 2 heterocycles. The number of furan rings is 1. The van der Waals surface area contributed by atoms with Crippen LogP contribution in [0.1, 0.15) is 16.1 Å². The van der Waals surface area contributed by atoms with Crippen molar-refractivity contribution in [3.8, 4) is 17.1 Å². The van der Waals surface area contributed by atoms with Crippen molar-refractivity contribution in [1.29, 1.82) is 0 Å². The number of non-ortho nitro benzene ring substituents is 1. The molecular weight excluding hydrogens is 372 g/mol. The first-order chi connectivity index (χ1) is 14.0. The van der Waals surface area contributed by atoms with Gasteiger partial charge in [-0.3, -0.25) is 14.9 Å². The highest BCUT2D eigenvalue weighted by Crippen LogP contribution is 2.27. The monoisotopic (exact) mass is 388 g/mol. The van der Waals surface area contributed by atoms with Crippen LogP contribution in [0.4, 0.5) is 11.4 Å². The maximum Gasteiger partial charge on any atom is 0.271 e. The van der Waals surface area contributed by atoms with Crippen LogP contribution >= 0.6 is 0 Å². The van der Waals surface area contributed by atoms with E-state index < -0.39 is 10.8 Å². The lowest BCUT2D eigenvalue weighted by molar-refractivity contribution is -0.384. The molecule has 4 aromatic rings. The molecule has 0 aliphatic heterocycles. The highest BCUT2D eigenvalue weighted by Gasteiger charge is 2.21. The molecule has 0 saturated carbocycles. The molecule has 29 heavy (non-hydrogen) atoms. The van der Waals surface area contributed by atoms with Gasteiger partial charge in [0, 0.05) is 24.0 Å². The van der Waals surface area contributed by atoms with Crippen molar-refractivity contribution in [3.05, 3.63) is 94.4 Å². The number of nitrogens with zero attached hydrogens (tertiary/aromatic N) is 3. The van der Waals surface area contributed by atoms with Crippen molar-refractivity contribution in [2.45, 2.75) is 6.92 Å². The molecule has 0 unspecified atom stereocenters. The van der Waals surface area contributed by atoms with Crippen LogP contribution in [0.15, 0.2) is 77.3 Å². The Morgan fingerprint density at radius 2 is 1.90 bits per heavy atom. The molecular formula is C21H16N4O4. The lowest BCUT2D eigenvalue weighted by atomic mass is 10.2. The van der Waals surface area contributed by atoms with E-state index >= 15 is 0 Å². The Morgan fingerprint density at radius 3 is 2.59 bits per heavy atom. The minimum absolute atomic E-state index is 0.107. The molecule has 2 aromatic heterocycles. The van der Waals surface area contributed by atoms with Crippen molar-refractivity contribution in [1.82, 2.24) is 9.78 Å². The highest BCUT2D eigenvalue weighted by atomic mass is 16.6. The fourth-order valence-corrected chi connectivity index (χ4v) is 2.89. The lowest BCUT2D eigenvalue weighted by Crippen LogP contribution is -2.12. The number of benzene rings is 2. The van der Waals surface area contributed by atoms with Gasteiger partial charge in [0.1, 0.15) is 11.5 Å². The van der Waals surface area contributed by atoms with E-state index in [-0.39, 0.29) is 11.3 Å². The highest BCUT2D eigenvalue weighted by molar-refractivity contribution is 6.07. The predicted molar refractivity (Wildman–Crippen MR) is 107 cm³/mol. The van der Waals surface area contributed by atoms with Gasteiger partial charge in [-0.25, -0.2) is 4.68 Å². The summed E-state index contributed by atoms with van der Waals surface area (Å²) in [6.45, 7) is 1.81. The van der Waals surface area contributed by atoms with Crippen LogP contribution < -0.4 is 5.32 Å². The lowest BCUT2D eigenvalue weighted by Gasteiger charge is -2.04. The first-order valence-electron chi connectivity index (χ1n) is 8.79. The summed E-state index contributed by atoms with van der Waals surface area (Å²) in [7, 11) is 0. The molecule has 8 nitrogen and oxygen atoms in total. The number of para-hydroxylation sites is 1. The number of nitro groups is 1. The van der Waals surface area contributed by atoms with Gasteiger partial charge in [-0.1, -0.05) is 24.3 Å². The van der Waals surface area contributed by atoms with Crippen molar-refractivity contribution < 1.29 is 14.1 Å². The minimum Gasteiger partial charge on any atom is -0.460 e. The number of carbonyl (C=O) groups excluding carboxylic acids is 1.